The van der Waals surface area contributed by atoms with Gasteiger partial charge < -0.3 is 10.4 Å². The molecule has 0 heterocycles. The highest BCUT2D eigenvalue weighted by atomic mass is 32.2. The third-order valence-electron chi connectivity index (χ3n) is 2.35. The molecular formula is C9H17NO2S. The van der Waals surface area contributed by atoms with E-state index in [2.05, 4.69) is 5.32 Å². The summed E-state index contributed by atoms with van der Waals surface area (Å²) in [6.45, 7) is 0. The van der Waals surface area contributed by atoms with E-state index in [1.165, 1.54) is 11.8 Å². The lowest BCUT2D eigenvalue weighted by molar-refractivity contribution is -0.120. The number of aliphatic hydroxyl groups excluding tert-OH is 1. The average molecular weight is 203 g/mol. The molecule has 0 unspecified atom stereocenters. The van der Waals surface area contributed by atoms with Crippen molar-refractivity contribution in [2.45, 2.75) is 37.8 Å². The van der Waals surface area contributed by atoms with Crippen LogP contribution in [-0.4, -0.2) is 35.2 Å². The minimum Gasteiger partial charge on any atom is -0.391 e. The number of nitrogens with one attached hydrogen (secondary N) is 1. The number of amides is 1. The summed E-state index contributed by atoms with van der Waals surface area (Å²) in [6, 6.07) is -0.00611. The number of carbonyl (C=O) groups is 1. The van der Waals surface area contributed by atoms with Crippen molar-refractivity contribution in [1.29, 1.82) is 0 Å². The quantitative estimate of drug-likeness (QED) is 0.712. The maximum absolute atomic E-state index is 11.2. The molecule has 0 aromatic heterocycles. The molecule has 13 heavy (non-hydrogen) atoms. The van der Waals surface area contributed by atoms with Gasteiger partial charge in [-0.3, -0.25) is 4.79 Å². The van der Waals surface area contributed by atoms with Gasteiger partial charge in [-0.1, -0.05) is 12.8 Å². The zero-order chi connectivity index (χ0) is 9.68. The summed E-state index contributed by atoms with van der Waals surface area (Å²) in [5, 5.41) is 12.4. The van der Waals surface area contributed by atoms with E-state index in [1.807, 2.05) is 6.26 Å². The van der Waals surface area contributed by atoms with E-state index in [-0.39, 0.29) is 18.1 Å². The predicted molar refractivity (Wildman–Crippen MR) is 54.8 cm³/mol. The second-order valence-electron chi connectivity index (χ2n) is 3.46. The van der Waals surface area contributed by atoms with E-state index in [0.29, 0.717) is 5.75 Å². The molecule has 0 aromatic rings. The standard InChI is InChI=1S/C9H17NO2S/c1-13-6-9(12)10-7-4-2-3-5-8(7)11/h7-8,11H,2-6H2,1H3,(H,10,12)/t7-,8-/m1/s1. The van der Waals surface area contributed by atoms with Gasteiger partial charge in [0, 0.05) is 0 Å². The fourth-order valence-corrected chi connectivity index (χ4v) is 2.00. The summed E-state index contributed by atoms with van der Waals surface area (Å²) in [7, 11) is 0. The van der Waals surface area contributed by atoms with Crippen LogP contribution in [0.4, 0.5) is 0 Å². The van der Waals surface area contributed by atoms with Crippen LogP contribution in [0.25, 0.3) is 0 Å². The van der Waals surface area contributed by atoms with E-state index < -0.39 is 0 Å². The topological polar surface area (TPSA) is 49.3 Å². The Labute approximate surface area is 83.3 Å². The smallest absolute Gasteiger partial charge is 0.230 e. The van der Waals surface area contributed by atoms with Crippen LogP contribution < -0.4 is 5.32 Å². The van der Waals surface area contributed by atoms with Crippen molar-refractivity contribution in [2.24, 2.45) is 0 Å². The highest BCUT2D eigenvalue weighted by molar-refractivity contribution is 7.99. The molecule has 0 spiro atoms. The number of thioether (sulfide) groups is 1. The lowest BCUT2D eigenvalue weighted by Gasteiger charge is -2.28. The van der Waals surface area contributed by atoms with Crippen molar-refractivity contribution < 1.29 is 9.90 Å². The Morgan fingerprint density at radius 1 is 1.54 bits per heavy atom. The lowest BCUT2D eigenvalue weighted by Crippen LogP contribution is -2.45. The molecule has 1 amide bonds. The van der Waals surface area contributed by atoms with Gasteiger partial charge in [0.2, 0.25) is 5.91 Å². The summed E-state index contributed by atoms with van der Waals surface area (Å²) in [6.07, 6.45) is 5.50. The normalized spacial score (nSPS) is 28.5. The predicted octanol–water partition coefficient (Wildman–Crippen LogP) is 0.769. The van der Waals surface area contributed by atoms with Gasteiger partial charge in [-0.2, -0.15) is 11.8 Å². The minimum absolute atomic E-state index is 0.00611. The molecule has 0 saturated heterocycles. The van der Waals surface area contributed by atoms with Crippen LogP contribution in [0, 0.1) is 0 Å². The van der Waals surface area contributed by atoms with Gasteiger partial charge in [0.1, 0.15) is 0 Å². The minimum atomic E-state index is -0.334. The molecule has 4 heteroatoms. The number of aliphatic hydroxyl groups is 1. The molecular weight excluding hydrogens is 186 g/mol. The van der Waals surface area contributed by atoms with Crippen molar-refractivity contribution in [3.8, 4) is 0 Å². The van der Waals surface area contributed by atoms with Crippen molar-refractivity contribution in [3.05, 3.63) is 0 Å². The fourth-order valence-electron chi connectivity index (χ4n) is 1.66. The first-order chi connectivity index (χ1) is 6.24. The fraction of sp³-hybridized carbons (Fsp3) is 0.889. The number of rotatable bonds is 3. The lowest BCUT2D eigenvalue weighted by atomic mass is 9.93. The molecule has 2 N–H and O–H groups in total. The Kier molecular flexibility index (Phi) is 4.59. The van der Waals surface area contributed by atoms with Gasteiger partial charge in [-0.15, -0.1) is 0 Å². The van der Waals surface area contributed by atoms with Crippen LogP contribution in [0.2, 0.25) is 0 Å². The first kappa shape index (κ1) is 10.9. The molecule has 1 aliphatic carbocycles. The van der Waals surface area contributed by atoms with Crippen molar-refractivity contribution in [2.75, 3.05) is 12.0 Å². The van der Waals surface area contributed by atoms with Gasteiger partial charge >= 0.3 is 0 Å². The second-order valence-corrected chi connectivity index (χ2v) is 4.32. The third-order valence-corrected chi connectivity index (χ3v) is 2.90. The second kappa shape index (κ2) is 5.50. The Balaban J connectivity index is 2.29. The van der Waals surface area contributed by atoms with Gasteiger partial charge in [0.05, 0.1) is 17.9 Å². The Bertz CT molecular complexity index is 175. The maximum Gasteiger partial charge on any atom is 0.230 e. The molecule has 1 aliphatic rings. The van der Waals surface area contributed by atoms with Gasteiger partial charge in [-0.25, -0.2) is 0 Å². The molecule has 3 nitrogen and oxygen atoms in total. The summed E-state index contributed by atoms with van der Waals surface area (Å²) >= 11 is 1.51. The van der Waals surface area contributed by atoms with E-state index in [1.54, 1.807) is 0 Å². The first-order valence-corrected chi connectivity index (χ1v) is 6.10. The van der Waals surface area contributed by atoms with Gasteiger partial charge in [0.15, 0.2) is 0 Å². The van der Waals surface area contributed by atoms with E-state index in [9.17, 15) is 9.90 Å². The number of carbonyl (C=O) groups excluding carboxylic acids is 1. The van der Waals surface area contributed by atoms with Crippen LogP contribution in [0.5, 0.6) is 0 Å². The van der Waals surface area contributed by atoms with Gasteiger partial charge in [0.25, 0.3) is 0 Å². The van der Waals surface area contributed by atoms with Crippen molar-refractivity contribution in [3.63, 3.8) is 0 Å². The zero-order valence-corrected chi connectivity index (χ0v) is 8.77. The monoisotopic (exact) mass is 203 g/mol. The molecule has 2 atom stereocenters. The van der Waals surface area contributed by atoms with Crippen LogP contribution in [0.3, 0.4) is 0 Å². The van der Waals surface area contributed by atoms with Gasteiger partial charge in [-0.05, 0) is 19.1 Å². The molecule has 0 bridgehead atoms. The largest absolute Gasteiger partial charge is 0.391 e. The SMILES string of the molecule is CSCC(=O)N[C@@H]1CCCC[C@H]1O. The van der Waals surface area contributed by atoms with E-state index >= 15 is 0 Å². The van der Waals surface area contributed by atoms with Crippen LogP contribution in [0.15, 0.2) is 0 Å². The molecule has 1 saturated carbocycles. The van der Waals surface area contributed by atoms with Crippen molar-refractivity contribution >= 4 is 17.7 Å². The average Bonchev–Trinajstić information content (AvgIpc) is 2.09. The summed E-state index contributed by atoms with van der Waals surface area (Å²) in [4.78, 5) is 11.2. The number of hydrogen-bond acceptors (Lipinski definition) is 3. The maximum atomic E-state index is 11.2. The zero-order valence-electron chi connectivity index (χ0n) is 7.95. The summed E-state index contributed by atoms with van der Waals surface area (Å²) in [5.41, 5.74) is 0. The molecule has 0 aromatic carbocycles. The molecule has 0 radical (unpaired) electrons. The van der Waals surface area contributed by atoms with Crippen LogP contribution in [-0.2, 0) is 4.79 Å². The Morgan fingerprint density at radius 2 is 2.23 bits per heavy atom. The molecule has 1 fully saturated rings. The molecule has 76 valence electrons. The van der Waals surface area contributed by atoms with E-state index in [4.69, 9.17) is 0 Å². The highest BCUT2D eigenvalue weighted by Gasteiger charge is 2.23. The Hall–Kier alpha value is -0.220. The van der Waals surface area contributed by atoms with E-state index in [0.717, 1.165) is 25.7 Å². The summed E-state index contributed by atoms with van der Waals surface area (Å²) in [5.74, 6) is 0.530. The molecule has 1 rings (SSSR count). The first-order valence-electron chi connectivity index (χ1n) is 4.70. The van der Waals surface area contributed by atoms with Crippen LogP contribution >= 0.6 is 11.8 Å². The van der Waals surface area contributed by atoms with Crippen LogP contribution in [0.1, 0.15) is 25.7 Å². The summed E-state index contributed by atoms with van der Waals surface area (Å²) < 4.78 is 0. The van der Waals surface area contributed by atoms with Crippen molar-refractivity contribution in [1.82, 2.24) is 5.32 Å². The third kappa shape index (κ3) is 3.56. The number of hydrogen-bond donors (Lipinski definition) is 2. The Morgan fingerprint density at radius 3 is 2.85 bits per heavy atom. The highest BCUT2D eigenvalue weighted by Crippen LogP contribution is 2.18. The molecule has 0 aliphatic heterocycles.